The van der Waals surface area contributed by atoms with Crippen LogP contribution in [0.4, 0.5) is 0 Å². The van der Waals surface area contributed by atoms with Crippen molar-refractivity contribution in [3.63, 3.8) is 0 Å². The SMILES string of the molecule is Cc1nc(-c2ccccc2)nc(-c2ccncc2)c1C(=O)O. The second kappa shape index (κ2) is 5.73. The van der Waals surface area contributed by atoms with E-state index in [1.54, 1.807) is 31.5 Å². The van der Waals surface area contributed by atoms with Crippen LogP contribution in [0.2, 0.25) is 0 Å². The maximum absolute atomic E-state index is 11.6. The zero-order valence-electron chi connectivity index (χ0n) is 11.9. The number of hydrogen-bond acceptors (Lipinski definition) is 4. The van der Waals surface area contributed by atoms with E-state index in [2.05, 4.69) is 15.0 Å². The first-order valence-electron chi connectivity index (χ1n) is 6.74. The molecule has 1 N–H and O–H groups in total. The van der Waals surface area contributed by atoms with Gasteiger partial charge in [-0.25, -0.2) is 14.8 Å². The van der Waals surface area contributed by atoms with E-state index >= 15 is 0 Å². The molecule has 0 saturated carbocycles. The maximum atomic E-state index is 11.6. The van der Waals surface area contributed by atoms with Gasteiger partial charge in [0.2, 0.25) is 0 Å². The lowest BCUT2D eigenvalue weighted by atomic mass is 10.0. The Morgan fingerprint density at radius 2 is 1.64 bits per heavy atom. The zero-order chi connectivity index (χ0) is 15.5. The van der Waals surface area contributed by atoms with E-state index in [4.69, 9.17) is 0 Å². The number of carbonyl (C=O) groups is 1. The van der Waals surface area contributed by atoms with Crippen LogP contribution in [0, 0.1) is 6.92 Å². The number of carboxylic acids is 1. The summed E-state index contributed by atoms with van der Waals surface area (Å²) in [4.78, 5) is 24.3. The van der Waals surface area contributed by atoms with Gasteiger partial charge >= 0.3 is 5.97 Å². The van der Waals surface area contributed by atoms with Crippen LogP contribution in [0.15, 0.2) is 54.9 Å². The molecule has 1 aromatic carbocycles. The molecule has 5 heteroatoms. The Morgan fingerprint density at radius 3 is 2.27 bits per heavy atom. The van der Waals surface area contributed by atoms with Crippen molar-refractivity contribution in [2.45, 2.75) is 6.92 Å². The van der Waals surface area contributed by atoms with Gasteiger partial charge in [-0.15, -0.1) is 0 Å². The summed E-state index contributed by atoms with van der Waals surface area (Å²) in [7, 11) is 0. The highest BCUT2D eigenvalue weighted by atomic mass is 16.4. The molecule has 0 bridgehead atoms. The molecule has 0 radical (unpaired) electrons. The Labute approximate surface area is 127 Å². The number of benzene rings is 1. The smallest absolute Gasteiger partial charge is 0.339 e. The van der Waals surface area contributed by atoms with Gasteiger partial charge in [0.05, 0.1) is 11.4 Å². The quantitative estimate of drug-likeness (QED) is 0.801. The fraction of sp³-hybridized carbons (Fsp3) is 0.0588. The summed E-state index contributed by atoms with van der Waals surface area (Å²) >= 11 is 0. The minimum absolute atomic E-state index is 0.117. The lowest BCUT2D eigenvalue weighted by molar-refractivity contribution is 0.0696. The van der Waals surface area contributed by atoms with Crippen LogP contribution in [0.1, 0.15) is 16.1 Å². The van der Waals surface area contributed by atoms with Gasteiger partial charge in [0.15, 0.2) is 5.82 Å². The normalized spacial score (nSPS) is 10.4. The number of hydrogen-bond donors (Lipinski definition) is 1. The fourth-order valence-electron chi connectivity index (χ4n) is 2.26. The largest absolute Gasteiger partial charge is 0.478 e. The van der Waals surface area contributed by atoms with Gasteiger partial charge < -0.3 is 5.11 Å². The summed E-state index contributed by atoms with van der Waals surface area (Å²) in [6.07, 6.45) is 3.22. The molecule has 2 aromatic heterocycles. The predicted octanol–water partition coefficient (Wildman–Crippen LogP) is 3.21. The third kappa shape index (κ3) is 2.56. The molecule has 108 valence electrons. The van der Waals surface area contributed by atoms with Gasteiger partial charge in [-0.1, -0.05) is 30.3 Å². The molecule has 0 aliphatic rings. The molecule has 0 amide bonds. The van der Waals surface area contributed by atoms with Gasteiger partial charge in [-0.3, -0.25) is 4.98 Å². The van der Waals surface area contributed by atoms with Crippen LogP contribution >= 0.6 is 0 Å². The van der Waals surface area contributed by atoms with Gasteiger partial charge in [0.1, 0.15) is 5.56 Å². The van der Waals surface area contributed by atoms with Crippen LogP contribution in [-0.2, 0) is 0 Å². The monoisotopic (exact) mass is 291 g/mol. The number of pyridine rings is 1. The first-order valence-corrected chi connectivity index (χ1v) is 6.74. The van der Waals surface area contributed by atoms with Gasteiger partial charge in [0, 0.05) is 23.5 Å². The Morgan fingerprint density at radius 1 is 0.955 bits per heavy atom. The van der Waals surface area contributed by atoms with Crippen molar-refractivity contribution < 1.29 is 9.90 Å². The molecule has 22 heavy (non-hydrogen) atoms. The molecule has 0 saturated heterocycles. The van der Waals surface area contributed by atoms with Gasteiger partial charge in [-0.05, 0) is 19.1 Å². The third-order valence-electron chi connectivity index (χ3n) is 3.29. The summed E-state index contributed by atoms with van der Waals surface area (Å²) in [6.45, 7) is 1.68. The van der Waals surface area contributed by atoms with Crippen molar-refractivity contribution in [3.8, 4) is 22.6 Å². The number of carboxylic acid groups (broad SMARTS) is 1. The van der Waals surface area contributed by atoms with E-state index in [0.29, 0.717) is 22.8 Å². The Hall–Kier alpha value is -3.08. The summed E-state index contributed by atoms with van der Waals surface area (Å²) in [6, 6.07) is 13.0. The fourth-order valence-corrected chi connectivity index (χ4v) is 2.26. The third-order valence-corrected chi connectivity index (χ3v) is 3.29. The molecule has 0 aliphatic heterocycles. The average Bonchev–Trinajstić information content (AvgIpc) is 2.55. The topological polar surface area (TPSA) is 76.0 Å². The highest BCUT2D eigenvalue weighted by Crippen LogP contribution is 2.26. The molecule has 3 aromatic rings. The minimum Gasteiger partial charge on any atom is -0.478 e. The number of aryl methyl sites for hydroxylation is 1. The van der Waals surface area contributed by atoms with Crippen molar-refractivity contribution in [2.24, 2.45) is 0 Å². The summed E-state index contributed by atoms with van der Waals surface area (Å²) < 4.78 is 0. The van der Waals surface area contributed by atoms with E-state index in [1.165, 1.54) is 0 Å². The summed E-state index contributed by atoms with van der Waals surface area (Å²) in [5.74, 6) is -0.529. The molecule has 3 rings (SSSR count). The Balaban J connectivity index is 2.26. The van der Waals surface area contributed by atoms with Crippen LogP contribution in [-0.4, -0.2) is 26.0 Å². The molecule has 0 aliphatic carbocycles. The molecule has 0 unspecified atom stereocenters. The van der Waals surface area contributed by atoms with Crippen molar-refractivity contribution in [1.82, 2.24) is 15.0 Å². The molecular weight excluding hydrogens is 278 g/mol. The van der Waals surface area contributed by atoms with Gasteiger partial charge in [0.25, 0.3) is 0 Å². The van der Waals surface area contributed by atoms with Crippen molar-refractivity contribution in [1.29, 1.82) is 0 Å². The Bertz CT molecular complexity index is 818. The zero-order valence-corrected chi connectivity index (χ0v) is 11.9. The molecule has 0 spiro atoms. The lowest BCUT2D eigenvalue weighted by Crippen LogP contribution is -2.08. The molecule has 5 nitrogen and oxygen atoms in total. The van der Waals surface area contributed by atoms with E-state index in [0.717, 1.165) is 5.56 Å². The second-order valence-electron chi connectivity index (χ2n) is 4.76. The van der Waals surface area contributed by atoms with Crippen molar-refractivity contribution in [2.75, 3.05) is 0 Å². The van der Waals surface area contributed by atoms with Crippen molar-refractivity contribution >= 4 is 5.97 Å². The van der Waals surface area contributed by atoms with Crippen LogP contribution in [0.5, 0.6) is 0 Å². The maximum Gasteiger partial charge on any atom is 0.339 e. The second-order valence-corrected chi connectivity index (χ2v) is 4.76. The number of aromatic nitrogens is 3. The standard InChI is InChI=1S/C17H13N3O2/c1-11-14(17(21)22)15(12-7-9-18-10-8-12)20-16(19-11)13-5-3-2-4-6-13/h2-10H,1H3,(H,21,22). The van der Waals surface area contributed by atoms with Crippen LogP contribution < -0.4 is 0 Å². The van der Waals surface area contributed by atoms with Crippen LogP contribution in [0.3, 0.4) is 0 Å². The van der Waals surface area contributed by atoms with E-state index in [1.807, 2.05) is 30.3 Å². The van der Waals surface area contributed by atoms with E-state index in [9.17, 15) is 9.90 Å². The lowest BCUT2D eigenvalue weighted by Gasteiger charge is -2.10. The first kappa shape index (κ1) is 13.9. The van der Waals surface area contributed by atoms with E-state index < -0.39 is 5.97 Å². The molecule has 0 fully saturated rings. The highest BCUT2D eigenvalue weighted by molar-refractivity contribution is 5.96. The minimum atomic E-state index is -1.04. The number of aromatic carboxylic acids is 1. The van der Waals surface area contributed by atoms with E-state index in [-0.39, 0.29) is 5.56 Å². The van der Waals surface area contributed by atoms with Crippen LogP contribution in [0.25, 0.3) is 22.6 Å². The average molecular weight is 291 g/mol. The Kier molecular flexibility index (Phi) is 3.62. The van der Waals surface area contributed by atoms with Crippen molar-refractivity contribution in [3.05, 3.63) is 66.1 Å². The number of rotatable bonds is 3. The summed E-state index contributed by atoms with van der Waals surface area (Å²) in [5.41, 5.74) is 2.51. The molecule has 0 atom stereocenters. The first-order chi connectivity index (χ1) is 10.7. The number of nitrogens with zero attached hydrogens (tertiary/aromatic N) is 3. The molecule has 2 heterocycles. The molecular formula is C17H13N3O2. The van der Waals surface area contributed by atoms with Gasteiger partial charge in [-0.2, -0.15) is 0 Å². The predicted molar refractivity (Wildman–Crippen MR) is 82.4 cm³/mol. The highest BCUT2D eigenvalue weighted by Gasteiger charge is 2.19. The summed E-state index contributed by atoms with van der Waals surface area (Å²) in [5, 5.41) is 9.47.